The van der Waals surface area contributed by atoms with Gasteiger partial charge in [-0.15, -0.1) is 24.8 Å². The maximum atomic E-state index is 13.1. The molecule has 0 aromatic heterocycles. The van der Waals surface area contributed by atoms with E-state index in [1.165, 1.54) is 6.42 Å². The summed E-state index contributed by atoms with van der Waals surface area (Å²) in [4.78, 5) is 32.5. The molecule has 0 bridgehead atoms. The van der Waals surface area contributed by atoms with E-state index < -0.39 is 5.54 Å². The van der Waals surface area contributed by atoms with Gasteiger partial charge in [0.25, 0.3) is 0 Å². The Kier molecular flexibility index (Phi) is 9.13. The Morgan fingerprint density at radius 2 is 1.54 bits per heavy atom. The van der Waals surface area contributed by atoms with Crippen LogP contribution in [0.2, 0.25) is 0 Å². The molecule has 3 rings (SSSR count). The third-order valence-corrected chi connectivity index (χ3v) is 6.23. The number of hydrogen-bond acceptors (Lipinski definition) is 4. The first-order valence-corrected chi connectivity index (χ1v) is 9.55. The Balaban J connectivity index is 0.00000169. The lowest BCUT2D eigenvalue weighted by Crippen LogP contribution is -2.63. The zero-order chi connectivity index (χ0) is 17.2. The lowest BCUT2D eigenvalue weighted by Gasteiger charge is -2.46. The van der Waals surface area contributed by atoms with Crippen molar-refractivity contribution in [2.45, 2.75) is 56.5 Å². The molecule has 0 radical (unpaired) electrons. The number of carbonyl (C=O) groups is 2. The molecule has 0 spiro atoms. The van der Waals surface area contributed by atoms with Crippen molar-refractivity contribution in [2.75, 3.05) is 46.8 Å². The van der Waals surface area contributed by atoms with E-state index in [9.17, 15) is 9.59 Å². The van der Waals surface area contributed by atoms with Gasteiger partial charge in [0.1, 0.15) is 5.54 Å². The number of halogens is 2. The smallest absolute Gasteiger partial charge is 0.240 e. The van der Waals surface area contributed by atoms with Crippen LogP contribution >= 0.6 is 24.8 Å². The highest BCUT2D eigenvalue weighted by Gasteiger charge is 2.50. The summed E-state index contributed by atoms with van der Waals surface area (Å²) in [6, 6.07) is -0.108. The molecule has 3 aliphatic rings. The average Bonchev–Trinajstić information content (AvgIpc) is 3.12. The predicted octanol–water partition coefficient (Wildman–Crippen LogP) is 1.52. The van der Waals surface area contributed by atoms with Crippen LogP contribution in [0.4, 0.5) is 0 Å². The van der Waals surface area contributed by atoms with Gasteiger partial charge in [0.2, 0.25) is 11.8 Å². The van der Waals surface area contributed by atoms with Crippen LogP contribution in [0.1, 0.15) is 44.9 Å². The fourth-order valence-corrected chi connectivity index (χ4v) is 4.79. The minimum Gasteiger partial charge on any atom is -0.358 e. The number of carbonyl (C=O) groups excluding carboxylic acids is 2. The third-order valence-electron chi connectivity index (χ3n) is 6.23. The quantitative estimate of drug-likeness (QED) is 0.768. The molecule has 6 nitrogen and oxygen atoms in total. The molecule has 1 saturated carbocycles. The molecule has 1 atom stereocenters. The van der Waals surface area contributed by atoms with Crippen molar-refractivity contribution in [1.29, 1.82) is 0 Å². The zero-order valence-corrected chi connectivity index (χ0v) is 17.7. The molecule has 8 heteroatoms. The number of rotatable bonds is 3. The molecule has 2 aliphatic heterocycles. The molecular weight excluding hydrogens is 375 g/mol. The number of piperazine rings is 1. The Hall–Kier alpha value is -0.560. The number of likely N-dealkylation sites (tertiary alicyclic amines) is 1. The Morgan fingerprint density at radius 3 is 2.12 bits per heavy atom. The van der Waals surface area contributed by atoms with Crippen molar-refractivity contribution in [3.8, 4) is 0 Å². The average molecular weight is 409 g/mol. The summed E-state index contributed by atoms with van der Waals surface area (Å²) in [7, 11) is 3.83. The van der Waals surface area contributed by atoms with E-state index in [0.29, 0.717) is 0 Å². The summed E-state index contributed by atoms with van der Waals surface area (Å²) >= 11 is 0. The molecule has 2 saturated heterocycles. The van der Waals surface area contributed by atoms with E-state index in [4.69, 9.17) is 0 Å². The lowest BCUT2D eigenvalue weighted by atomic mass is 9.79. The first-order valence-electron chi connectivity index (χ1n) is 9.55. The van der Waals surface area contributed by atoms with Gasteiger partial charge in [0.15, 0.2) is 0 Å². The summed E-state index contributed by atoms with van der Waals surface area (Å²) in [5, 5.41) is 2.89. The van der Waals surface area contributed by atoms with Crippen LogP contribution in [0.15, 0.2) is 0 Å². The van der Waals surface area contributed by atoms with Crippen LogP contribution in [0.3, 0.4) is 0 Å². The molecule has 0 aromatic rings. The van der Waals surface area contributed by atoms with Gasteiger partial charge in [-0.1, -0.05) is 19.3 Å². The molecule has 1 aliphatic carbocycles. The van der Waals surface area contributed by atoms with Crippen molar-refractivity contribution in [1.82, 2.24) is 20.0 Å². The lowest BCUT2D eigenvalue weighted by molar-refractivity contribution is -0.146. The van der Waals surface area contributed by atoms with Crippen LogP contribution in [0, 0.1) is 0 Å². The maximum Gasteiger partial charge on any atom is 0.240 e. The van der Waals surface area contributed by atoms with Gasteiger partial charge >= 0.3 is 0 Å². The molecular formula is C18H34Cl2N4O2. The standard InChI is InChI=1S/C18H32N4O2.2ClH/c1-19-17(24)18(8-4-3-5-9-18)22-10-6-7-15(22)16(23)21-13-11-20(2)12-14-21;;/h15H,3-14H2,1-2H3,(H,19,24);2*1H/t15-;;/m0../s1. The minimum atomic E-state index is -0.462. The highest BCUT2D eigenvalue weighted by atomic mass is 35.5. The van der Waals surface area contributed by atoms with E-state index in [1.54, 1.807) is 7.05 Å². The molecule has 1 N–H and O–H groups in total. The zero-order valence-electron chi connectivity index (χ0n) is 16.0. The number of nitrogens with zero attached hydrogens (tertiary/aromatic N) is 3. The SMILES string of the molecule is CNC(=O)C1(N2CCC[C@H]2C(=O)N2CCN(C)CC2)CCCCC1.Cl.Cl. The number of hydrogen-bond donors (Lipinski definition) is 1. The van der Waals surface area contributed by atoms with Crippen molar-refractivity contribution >= 4 is 36.6 Å². The summed E-state index contributed by atoms with van der Waals surface area (Å²) in [5.41, 5.74) is -0.462. The molecule has 0 unspecified atom stereocenters. The van der Waals surface area contributed by atoms with Gasteiger partial charge in [-0.3, -0.25) is 14.5 Å². The largest absolute Gasteiger partial charge is 0.358 e. The van der Waals surface area contributed by atoms with Crippen LogP contribution in [0.5, 0.6) is 0 Å². The molecule has 26 heavy (non-hydrogen) atoms. The second-order valence-electron chi connectivity index (χ2n) is 7.65. The van der Waals surface area contributed by atoms with Gasteiger partial charge in [0.05, 0.1) is 6.04 Å². The van der Waals surface area contributed by atoms with Gasteiger partial charge in [-0.25, -0.2) is 0 Å². The highest BCUT2D eigenvalue weighted by Crippen LogP contribution is 2.39. The summed E-state index contributed by atoms with van der Waals surface area (Å²) in [6.07, 6.45) is 7.05. The molecule has 0 aromatic carbocycles. The van der Waals surface area contributed by atoms with E-state index >= 15 is 0 Å². The molecule has 2 heterocycles. The van der Waals surface area contributed by atoms with Crippen LogP contribution < -0.4 is 5.32 Å². The molecule has 152 valence electrons. The van der Waals surface area contributed by atoms with Gasteiger partial charge in [-0.05, 0) is 32.7 Å². The summed E-state index contributed by atoms with van der Waals surface area (Å²) in [5.74, 6) is 0.356. The monoisotopic (exact) mass is 408 g/mol. The fraction of sp³-hybridized carbons (Fsp3) is 0.889. The highest BCUT2D eigenvalue weighted by molar-refractivity contribution is 5.89. The van der Waals surface area contributed by atoms with Crippen LogP contribution in [-0.4, -0.2) is 84.9 Å². The normalized spacial score (nSPS) is 26.5. The van der Waals surface area contributed by atoms with Crippen LogP contribution in [0.25, 0.3) is 0 Å². The van der Waals surface area contributed by atoms with E-state index in [0.717, 1.165) is 71.2 Å². The predicted molar refractivity (Wildman–Crippen MR) is 108 cm³/mol. The second kappa shape index (κ2) is 10.1. The maximum absolute atomic E-state index is 13.1. The van der Waals surface area contributed by atoms with Crippen LogP contribution in [-0.2, 0) is 9.59 Å². The van der Waals surface area contributed by atoms with E-state index in [1.807, 2.05) is 4.90 Å². The van der Waals surface area contributed by atoms with Crippen molar-refractivity contribution in [2.24, 2.45) is 0 Å². The summed E-state index contributed by atoms with van der Waals surface area (Å²) < 4.78 is 0. The number of amides is 2. The van der Waals surface area contributed by atoms with Crippen molar-refractivity contribution in [3.63, 3.8) is 0 Å². The third kappa shape index (κ3) is 4.46. The summed E-state index contributed by atoms with van der Waals surface area (Å²) in [6.45, 7) is 4.38. The first kappa shape index (κ1) is 23.5. The molecule has 2 amide bonds. The Labute approximate surface area is 169 Å². The second-order valence-corrected chi connectivity index (χ2v) is 7.65. The Bertz CT molecular complexity index is 478. The Morgan fingerprint density at radius 1 is 0.923 bits per heavy atom. The van der Waals surface area contributed by atoms with E-state index in [-0.39, 0.29) is 42.7 Å². The fourth-order valence-electron chi connectivity index (χ4n) is 4.79. The topological polar surface area (TPSA) is 55.9 Å². The first-order chi connectivity index (χ1) is 11.6. The number of likely N-dealkylation sites (N-methyl/N-ethyl adjacent to an activating group) is 2. The van der Waals surface area contributed by atoms with Gasteiger partial charge in [0, 0.05) is 39.8 Å². The van der Waals surface area contributed by atoms with Crippen molar-refractivity contribution < 1.29 is 9.59 Å². The minimum absolute atomic E-state index is 0. The number of nitrogens with one attached hydrogen (secondary N) is 1. The van der Waals surface area contributed by atoms with Gasteiger partial charge < -0.3 is 15.1 Å². The molecule has 3 fully saturated rings. The van der Waals surface area contributed by atoms with Crippen molar-refractivity contribution in [3.05, 3.63) is 0 Å². The van der Waals surface area contributed by atoms with Gasteiger partial charge in [-0.2, -0.15) is 0 Å². The van der Waals surface area contributed by atoms with E-state index in [2.05, 4.69) is 22.2 Å².